The maximum atomic E-state index is 4.39. The van der Waals surface area contributed by atoms with Gasteiger partial charge in [-0.05, 0) is 0 Å². The number of hydrogen-bond donors (Lipinski definition) is 0. The van der Waals surface area contributed by atoms with Gasteiger partial charge in [0.25, 0.3) is 0 Å². The molecule has 0 radical (unpaired) electrons. The number of rotatable bonds is 0. The van der Waals surface area contributed by atoms with Gasteiger partial charge in [0.15, 0.2) is 0 Å². The van der Waals surface area contributed by atoms with E-state index in [0.717, 1.165) is 6.42 Å². The average molecular weight is 298 g/mol. The van der Waals surface area contributed by atoms with Crippen molar-refractivity contribution >= 4 is 11.6 Å². The van der Waals surface area contributed by atoms with Crippen molar-refractivity contribution in [1.29, 1.82) is 0 Å². The first-order valence-corrected chi connectivity index (χ1v) is 2.52. The molecule has 0 heterocycles. The van der Waals surface area contributed by atoms with E-state index in [9.17, 15) is 0 Å². The number of halogens is 1. The van der Waals surface area contributed by atoms with Crippen LogP contribution in [0.2, 0.25) is 0 Å². The van der Waals surface area contributed by atoms with Gasteiger partial charge in [0, 0.05) is 0 Å². The predicted molar refractivity (Wildman–Crippen MR) is 32.8 cm³/mol. The summed E-state index contributed by atoms with van der Waals surface area (Å²) in [5.74, 6) is 0. The molecule has 0 nitrogen and oxygen atoms in total. The van der Waals surface area contributed by atoms with Crippen molar-refractivity contribution < 1.29 is 21.1 Å². The summed E-state index contributed by atoms with van der Waals surface area (Å²) in [5.41, 5.74) is 0. The van der Waals surface area contributed by atoms with Crippen LogP contribution >= 0.6 is 11.6 Å². The Hall–Kier alpha value is 0.458. The quantitative estimate of drug-likeness (QED) is 0.602. The van der Waals surface area contributed by atoms with Crippen molar-refractivity contribution in [3.05, 3.63) is 30.7 Å². The Morgan fingerprint density at radius 1 is 1.50 bits per heavy atom. The molecule has 0 aliphatic heterocycles. The summed E-state index contributed by atoms with van der Waals surface area (Å²) in [6, 6.07) is 0. The molecule has 0 saturated carbocycles. The van der Waals surface area contributed by atoms with Gasteiger partial charge in [0.05, 0.1) is 0 Å². The van der Waals surface area contributed by atoms with Crippen LogP contribution in [0, 0.1) is 12.5 Å². The molecule has 0 fully saturated rings. The monoisotopic (exact) mass is 298 g/mol. The van der Waals surface area contributed by atoms with Crippen LogP contribution in [0.5, 0.6) is 0 Å². The average Bonchev–Trinajstić information content (AvgIpc) is 2.23. The number of allylic oxidation sites excluding steroid dienone is 4. The molecule has 0 aromatic heterocycles. The van der Waals surface area contributed by atoms with Crippen LogP contribution in [0.1, 0.15) is 6.42 Å². The zero-order valence-electron chi connectivity index (χ0n) is 4.43. The summed E-state index contributed by atoms with van der Waals surface area (Å²) in [5, 5.41) is 0. The van der Waals surface area contributed by atoms with E-state index in [4.69, 9.17) is 0 Å². The third-order valence-corrected chi connectivity index (χ3v) is 0.586. The van der Waals surface area contributed by atoms with Crippen molar-refractivity contribution in [2.45, 2.75) is 6.42 Å². The molecule has 1 aliphatic rings. The zero-order valence-corrected chi connectivity index (χ0v) is 8.12. The minimum absolute atomic E-state index is 0. The largest absolute Gasteiger partial charge is 2.00 e. The minimum Gasteiger partial charge on any atom is -0.352 e. The van der Waals surface area contributed by atoms with Gasteiger partial charge < -0.3 is 11.6 Å². The first-order valence-electron chi connectivity index (χ1n) is 1.98. The van der Waals surface area contributed by atoms with E-state index < -0.39 is 0 Å². The second-order valence-corrected chi connectivity index (χ2v) is 1.00. The zero-order chi connectivity index (χ0) is 5.54. The van der Waals surface area contributed by atoms with E-state index in [1.165, 1.54) is 0 Å². The van der Waals surface area contributed by atoms with Crippen LogP contribution in [0.15, 0.2) is 18.2 Å². The van der Waals surface area contributed by atoms with Gasteiger partial charge in [0.1, 0.15) is 0 Å². The van der Waals surface area contributed by atoms with Crippen LogP contribution in [0.4, 0.5) is 0 Å². The van der Waals surface area contributed by atoms with E-state index in [1.54, 1.807) is 0 Å². The van der Waals surface area contributed by atoms with Crippen molar-refractivity contribution in [2.75, 3.05) is 0 Å². The molecule has 0 amide bonds. The first kappa shape index (κ1) is 11.3. The molecular formula is C6H7ClW. The molecule has 0 aromatic carbocycles. The maximum Gasteiger partial charge on any atom is 2.00 e. The summed E-state index contributed by atoms with van der Waals surface area (Å²) in [7, 11) is 0. The van der Waals surface area contributed by atoms with Crippen molar-refractivity contribution in [3.8, 4) is 0 Å². The van der Waals surface area contributed by atoms with Gasteiger partial charge in [0.2, 0.25) is 0 Å². The fourth-order valence-corrected chi connectivity index (χ4v) is 0.340. The van der Waals surface area contributed by atoms with Crippen LogP contribution < -0.4 is 0 Å². The van der Waals surface area contributed by atoms with Gasteiger partial charge in [-0.1, -0.05) is 0 Å². The molecule has 0 unspecified atom stereocenters. The molecule has 44 valence electrons. The van der Waals surface area contributed by atoms with E-state index >= 15 is 0 Å². The molecule has 8 heavy (non-hydrogen) atoms. The second kappa shape index (κ2) is 10.4. The fraction of sp³-hybridized carbons (Fsp3) is 0.167. The Morgan fingerprint density at radius 3 is 2.25 bits per heavy atom. The van der Waals surface area contributed by atoms with Gasteiger partial charge in [-0.25, -0.2) is 12.2 Å². The molecule has 1 aliphatic carbocycles. The summed E-state index contributed by atoms with van der Waals surface area (Å²) >= 11 is 4.39. The molecule has 2 heteroatoms. The third-order valence-electron chi connectivity index (χ3n) is 0.586. The Kier molecular flexibility index (Phi) is 14.7. The fourth-order valence-electron chi connectivity index (χ4n) is 0.340. The first-order chi connectivity index (χ1) is 3.50. The Labute approximate surface area is 69.9 Å². The van der Waals surface area contributed by atoms with Crippen LogP contribution in [0.3, 0.4) is 0 Å². The van der Waals surface area contributed by atoms with E-state index in [0.29, 0.717) is 0 Å². The van der Waals surface area contributed by atoms with Gasteiger partial charge in [-0.3, -0.25) is 12.5 Å². The van der Waals surface area contributed by atoms with Crippen molar-refractivity contribution in [3.63, 3.8) is 0 Å². The maximum absolute atomic E-state index is 4.39. The second-order valence-electron chi connectivity index (χ2n) is 1.00. The van der Waals surface area contributed by atoms with Gasteiger partial charge >= 0.3 is 21.1 Å². The molecule has 0 aromatic rings. The standard InChI is InChI=1S/C5H5.CH2Cl.W/c1-2-4-5-3-1;1-2;/h1-3H,4H2;1H2;/q2*-1;+2. The van der Waals surface area contributed by atoms with Gasteiger partial charge in [-0.15, -0.1) is 6.42 Å². The van der Waals surface area contributed by atoms with E-state index in [2.05, 4.69) is 30.1 Å². The molecule has 0 spiro atoms. The van der Waals surface area contributed by atoms with E-state index in [1.807, 2.05) is 12.2 Å². The molecule has 0 saturated heterocycles. The topological polar surface area (TPSA) is 0 Å². The Balaban J connectivity index is 0. The Bertz CT molecular complexity index is 66.6. The molecule has 0 N–H and O–H groups in total. The third kappa shape index (κ3) is 6.46. The molecular weight excluding hydrogens is 291 g/mol. The summed E-state index contributed by atoms with van der Waals surface area (Å²) in [6.45, 7) is 0. The molecule has 0 bridgehead atoms. The van der Waals surface area contributed by atoms with Gasteiger partial charge in [-0.2, -0.15) is 6.08 Å². The predicted octanol–water partition coefficient (Wildman–Crippen LogP) is 2.32. The van der Waals surface area contributed by atoms with E-state index in [-0.39, 0.29) is 21.1 Å². The number of hydrogen-bond acceptors (Lipinski definition) is 0. The van der Waals surface area contributed by atoms with Crippen LogP contribution in [-0.4, -0.2) is 0 Å². The Morgan fingerprint density at radius 2 is 2.12 bits per heavy atom. The van der Waals surface area contributed by atoms with Crippen molar-refractivity contribution in [2.24, 2.45) is 0 Å². The van der Waals surface area contributed by atoms with Crippen LogP contribution in [0.25, 0.3) is 0 Å². The normalized spacial score (nSPS) is 11.8. The summed E-state index contributed by atoms with van der Waals surface area (Å²) in [4.78, 5) is 0. The SMILES string of the molecule is [C-]1=CC=CC1.[CH2-]Cl.[W+2]. The summed E-state index contributed by atoms with van der Waals surface area (Å²) in [6.07, 6.45) is 12.7. The molecule has 1 rings (SSSR count). The summed E-state index contributed by atoms with van der Waals surface area (Å²) < 4.78 is 0. The van der Waals surface area contributed by atoms with Crippen molar-refractivity contribution in [1.82, 2.24) is 0 Å². The van der Waals surface area contributed by atoms with Crippen LogP contribution in [-0.2, 0) is 21.1 Å². The smallest absolute Gasteiger partial charge is 0.352 e. The molecule has 0 atom stereocenters. The minimum atomic E-state index is 0.